The van der Waals surface area contributed by atoms with Crippen LogP contribution in [0.2, 0.25) is 0 Å². The van der Waals surface area contributed by atoms with Crippen molar-refractivity contribution in [1.82, 2.24) is 0 Å². The van der Waals surface area contributed by atoms with Gasteiger partial charge in [-0.1, -0.05) is 18.2 Å². The molecule has 3 aliphatic rings. The molecular formula is C16H15BrO2. The van der Waals surface area contributed by atoms with Crippen molar-refractivity contribution in [3.63, 3.8) is 0 Å². The Hall–Kier alpha value is -1.09. The van der Waals surface area contributed by atoms with Gasteiger partial charge < -0.3 is 4.74 Å². The average molecular weight is 319 g/mol. The third kappa shape index (κ3) is 1.71. The normalized spacial score (nSPS) is 26.4. The highest BCUT2D eigenvalue weighted by molar-refractivity contribution is 9.09. The SMILES string of the molecule is O=C1CCC2(C=Cc3cc4c(cc32)CC(Br)O4)CC1. The maximum Gasteiger partial charge on any atom is 0.157 e. The number of ketones is 1. The maximum atomic E-state index is 11.5. The topological polar surface area (TPSA) is 26.3 Å². The number of allylic oxidation sites excluding steroid dienone is 1. The smallest absolute Gasteiger partial charge is 0.157 e. The minimum atomic E-state index is 0.109. The summed E-state index contributed by atoms with van der Waals surface area (Å²) in [6, 6.07) is 4.47. The molecule has 0 bridgehead atoms. The van der Waals surface area contributed by atoms with E-state index in [4.69, 9.17) is 4.74 Å². The molecule has 3 heteroatoms. The van der Waals surface area contributed by atoms with Crippen molar-refractivity contribution in [2.75, 3.05) is 0 Å². The Kier molecular flexibility index (Phi) is 2.44. The Balaban J connectivity index is 1.77. The molecule has 2 aliphatic carbocycles. The molecule has 1 aromatic rings. The van der Waals surface area contributed by atoms with Crippen LogP contribution in [-0.2, 0) is 16.6 Å². The molecule has 1 saturated carbocycles. The summed E-state index contributed by atoms with van der Waals surface area (Å²) in [5, 5.41) is 0.109. The van der Waals surface area contributed by atoms with Crippen LogP contribution < -0.4 is 4.74 Å². The van der Waals surface area contributed by atoms with Crippen LogP contribution in [0, 0.1) is 0 Å². The van der Waals surface area contributed by atoms with Crippen molar-refractivity contribution in [3.05, 3.63) is 34.9 Å². The lowest BCUT2D eigenvalue weighted by molar-refractivity contribution is -0.121. The zero-order chi connectivity index (χ0) is 13.0. The average Bonchev–Trinajstić information content (AvgIpc) is 2.91. The molecule has 2 nitrogen and oxygen atoms in total. The number of benzene rings is 1. The third-order valence-electron chi connectivity index (χ3n) is 4.69. The fourth-order valence-electron chi connectivity index (χ4n) is 3.58. The van der Waals surface area contributed by atoms with Crippen LogP contribution in [0.1, 0.15) is 42.4 Å². The molecule has 98 valence electrons. The number of alkyl halides is 1. The summed E-state index contributed by atoms with van der Waals surface area (Å²) < 4.78 is 5.75. The van der Waals surface area contributed by atoms with Gasteiger partial charge in [-0.25, -0.2) is 0 Å². The van der Waals surface area contributed by atoms with E-state index in [0.29, 0.717) is 5.78 Å². The first-order valence-corrected chi connectivity index (χ1v) is 7.77. The fourth-order valence-corrected chi connectivity index (χ4v) is 4.13. The number of hydrogen-bond acceptors (Lipinski definition) is 2. The molecule has 4 rings (SSSR count). The highest BCUT2D eigenvalue weighted by atomic mass is 79.9. The molecule has 0 aromatic heterocycles. The monoisotopic (exact) mass is 318 g/mol. The Morgan fingerprint density at radius 2 is 2.05 bits per heavy atom. The van der Waals surface area contributed by atoms with E-state index < -0.39 is 0 Å². The Morgan fingerprint density at radius 1 is 1.26 bits per heavy atom. The summed E-state index contributed by atoms with van der Waals surface area (Å²) in [6.07, 6.45) is 8.81. The standard InChI is InChI=1S/C16H15BrO2/c17-15-9-11-7-13-10(8-14(11)19-15)1-4-16(13)5-2-12(18)3-6-16/h1,4,7-8,15H,2-3,5-6,9H2. The van der Waals surface area contributed by atoms with Gasteiger partial charge in [-0.3, -0.25) is 4.79 Å². The van der Waals surface area contributed by atoms with E-state index >= 15 is 0 Å². The van der Waals surface area contributed by atoms with Gasteiger partial charge in [-0.15, -0.1) is 0 Å². The fraction of sp³-hybridized carbons (Fsp3) is 0.438. The molecule has 1 spiro atoms. The summed E-state index contributed by atoms with van der Waals surface area (Å²) >= 11 is 3.52. The first-order valence-electron chi connectivity index (χ1n) is 6.85. The van der Waals surface area contributed by atoms with Crippen molar-refractivity contribution < 1.29 is 9.53 Å². The number of halogens is 1. The first kappa shape index (κ1) is 11.7. The number of hydrogen-bond donors (Lipinski definition) is 0. The van der Waals surface area contributed by atoms with Crippen LogP contribution in [0.25, 0.3) is 6.08 Å². The van der Waals surface area contributed by atoms with Gasteiger partial charge in [0.25, 0.3) is 0 Å². The molecule has 1 heterocycles. The van der Waals surface area contributed by atoms with E-state index in [9.17, 15) is 4.79 Å². The number of fused-ring (bicyclic) bond motifs is 3. The number of carbonyl (C=O) groups excluding carboxylic acids is 1. The molecule has 1 atom stereocenters. The van der Waals surface area contributed by atoms with Gasteiger partial charge in [-0.2, -0.15) is 0 Å². The second-order valence-electron chi connectivity index (χ2n) is 5.81. The van der Waals surface area contributed by atoms with Gasteiger partial charge in [0.2, 0.25) is 0 Å². The molecule has 0 saturated heterocycles. The minimum Gasteiger partial charge on any atom is -0.479 e. The second kappa shape index (κ2) is 3.95. The Bertz CT molecular complexity index is 593. The van der Waals surface area contributed by atoms with Crippen molar-refractivity contribution in [1.29, 1.82) is 0 Å². The summed E-state index contributed by atoms with van der Waals surface area (Å²) in [5.41, 5.74) is 4.09. The van der Waals surface area contributed by atoms with Gasteiger partial charge >= 0.3 is 0 Å². The van der Waals surface area contributed by atoms with Crippen LogP contribution >= 0.6 is 15.9 Å². The summed E-state index contributed by atoms with van der Waals surface area (Å²) in [6.45, 7) is 0. The lowest BCUT2D eigenvalue weighted by Gasteiger charge is -2.32. The highest BCUT2D eigenvalue weighted by Gasteiger charge is 2.39. The predicted molar refractivity (Wildman–Crippen MR) is 77.7 cm³/mol. The van der Waals surface area contributed by atoms with Crippen LogP contribution in [0.4, 0.5) is 0 Å². The first-order chi connectivity index (χ1) is 9.16. The second-order valence-corrected chi connectivity index (χ2v) is 6.83. The van der Waals surface area contributed by atoms with E-state index in [0.717, 1.165) is 37.9 Å². The highest BCUT2D eigenvalue weighted by Crippen LogP contribution is 2.48. The maximum absolute atomic E-state index is 11.5. The van der Waals surface area contributed by atoms with Crippen LogP contribution in [0.15, 0.2) is 18.2 Å². The summed E-state index contributed by atoms with van der Waals surface area (Å²) in [5.74, 6) is 1.42. The van der Waals surface area contributed by atoms with Crippen LogP contribution in [0.5, 0.6) is 5.75 Å². The van der Waals surface area contributed by atoms with E-state index in [1.54, 1.807) is 0 Å². The zero-order valence-electron chi connectivity index (χ0n) is 10.6. The van der Waals surface area contributed by atoms with E-state index in [-0.39, 0.29) is 10.4 Å². The van der Waals surface area contributed by atoms with Crippen molar-refractivity contribution in [3.8, 4) is 5.75 Å². The van der Waals surface area contributed by atoms with E-state index in [1.165, 1.54) is 16.7 Å². The van der Waals surface area contributed by atoms with Crippen molar-refractivity contribution in [2.45, 2.75) is 42.5 Å². The van der Waals surface area contributed by atoms with E-state index in [1.807, 2.05) is 0 Å². The summed E-state index contributed by atoms with van der Waals surface area (Å²) in [4.78, 5) is 11.5. The number of ether oxygens (including phenoxy) is 1. The van der Waals surface area contributed by atoms with Gasteiger partial charge in [0.05, 0.1) is 0 Å². The van der Waals surface area contributed by atoms with Crippen LogP contribution in [-0.4, -0.2) is 10.8 Å². The largest absolute Gasteiger partial charge is 0.479 e. The summed E-state index contributed by atoms with van der Waals surface area (Å²) in [7, 11) is 0. The lowest BCUT2D eigenvalue weighted by Crippen LogP contribution is -2.28. The van der Waals surface area contributed by atoms with Gasteiger partial charge in [-0.05, 0) is 51.5 Å². The molecule has 1 fully saturated rings. The van der Waals surface area contributed by atoms with Gasteiger partial charge in [0, 0.05) is 24.7 Å². The Morgan fingerprint density at radius 3 is 2.84 bits per heavy atom. The molecule has 19 heavy (non-hydrogen) atoms. The number of Topliss-reactive ketones (excluding diaryl/α,β-unsaturated/α-hetero) is 1. The lowest BCUT2D eigenvalue weighted by atomic mass is 9.70. The third-order valence-corrected chi connectivity index (χ3v) is 5.20. The predicted octanol–water partition coefficient (Wildman–Crippen LogP) is 3.75. The Labute approximate surface area is 121 Å². The van der Waals surface area contributed by atoms with Gasteiger partial charge in [0.15, 0.2) is 5.01 Å². The van der Waals surface area contributed by atoms with Crippen molar-refractivity contribution >= 4 is 27.8 Å². The quantitative estimate of drug-likeness (QED) is 0.681. The van der Waals surface area contributed by atoms with Crippen LogP contribution in [0.3, 0.4) is 0 Å². The molecule has 1 unspecified atom stereocenters. The molecule has 1 aliphatic heterocycles. The van der Waals surface area contributed by atoms with E-state index in [2.05, 4.69) is 40.2 Å². The zero-order valence-corrected chi connectivity index (χ0v) is 12.2. The minimum absolute atomic E-state index is 0.109. The molecule has 0 radical (unpaired) electrons. The van der Waals surface area contributed by atoms with Crippen molar-refractivity contribution in [2.24, 2.45) is 0 Å². The molecular weight excluding hydrogens is 304 g/mol. The number of rotatable bonds is 0. The molecule has 1 aromatic carbocycles. The van der Waals surface area contributed by atoms with Gasteiger partial charge in [0.1, 0.15) is 11.5 Å². The molecule has 0 N–H and O–H groups in total. The molecule has 0 amide bonds. The number of carbonyl (C=O) groups is 1.